The Hall–Kier alpha value is -1.33. The summed E-state index contributed by atoms with van der Waals surface area (Å²) in [6.45, 7) is 6.21. The summed E-state index contributed by atoms with van der Waals surface area (Å²) in [7, 11) is 0. The minimum absolute atomic E-state index is 0.411. The quantitative estimate of drug-likeness (QED) is 0.863. The second-order valence-electron chi connectivity index (χ2n) is 5.07. The fourth-order valence-corrected chi connectivity index (χ4v) is 3.46. The Morgan fingerprint density at radius 2 is 2.26 bits per heavy atom. The van der Waals surface area contributed by atoms with Gasteiger partial charge in [0.1, 0.15) is 0 Å². The summed E-state index contributed by atoms with van der Waals surface area (Å²) in [5.41, 5.74) is 5.20. The number of likely N-dealkylation sites (tertiary alicyclic amines) is 1. The Bertz CT molecular complexity index is 566. The van der Waals surface area contributed by atoms with E-state index in [0.717, 1.165) is 30.2 Å². The van der Waals surface area contributed by atoms with Gasteiger partial charge in [0, 0.05) is 23.8 Å². The van der Waals surface area contributed by atoms with Crippen molar-refractivity contribution in [3.63, 3.8) is 0 Å². The molecular formula is C14H18N4S. The maximum atomic E-state index is 4.64. The van der Waals surface area contributed by atoms with E-state index in [2.05, 4.69) is 26.8 Å². The van der Waals surface area contributed by atoms with Gasteiger partial charge in [-0.3, -0.25) is 14.9 Å². The van der Waals surface area contributed by atoms with E-state index in [-0.39, 0.29) is 0 Å². The van der Waals surface area contributed by atoms with Crippen LogP contribution in [-0.2, 0) is 6.54 Å². The van der Waals surface area contributed by atoms with E-state index in [4.69, 9.17) is 0 Å². The van der Waals surface area contributed by atoms with Crippen LogP contribution in [0.4, 0.5) is 0 Å². The first-order chi connectivity index (χ1) is 9.24. The van der Waals surface area contributed by atoms with Crippen molar-refractivity contribution in [2.75, 3.05) is 6.54 Å². The second kappa shape index (κ2) is 5.35. The van der Waals surface area contributed by atoms with E-state index in [1.807, 2.05) is 24.8 Å². The summed E-state index contributed by atoms with van der Waals surface area (Å²) in [6.07, 6.45) is 6.14. The summed E-state index contributed by atoms with van der Waals surface area (Å²) in [4.78, 5) is 17.1. The predicted octanol–water partition coefficient (Wildman–Crippen LogP) is 2.89. The minimum Gasteiger partial charge on any atom is -0.290 e. The van der Waals surface area contributed by atoms with Gasteiger partial charge >= 0.3 is 0 Å². The Labute approximate surface area is 117 Å². The van der Waals surface area contributed by atoms with Crippen LogP contribution in [0.15, 0.2) is 17.9 Å². The van der Waals surface area contributed by atoms with Gasteiger partial charge < -0.3 is 0 Å². The first kappa shape index (κ1) is 12.7. The van der Waals surface area contributed by atoms with Gasteiger partial charge in [-0.15, -0.1) is 11.3 Å². The van der Waals surface area contributed by atoms with Crippen LogP contribution in [0.25, 0.3) is 0 Å². The van der Waals surface area contributed by atoms with Gasteiger partial charge in [0.15, 0.2) is 0 Å². The zero-order chi connectivity index (χ0) is 13.2. The molecule has 0 bridgehead atoms. The molecule has 1 saturated heterocycles. The highest BCUT2D eigenvalue weighted by atomic mass is 32.1. The molecule has 19 heavy (non-hydrogen) atoms. The van der Waals surface area contributed by atoms with E-state index < -0.39 is 0 Å². The Kier molecular flexibility index (Phi) is 3.57. The molecule has 100 valence electrons. The first-order valence-corrected chi connectivity index (χ1v) is 7.53. The zero-order valence-electron chi connectivity index (χ0n) is 11.3. The number of rotatable bonds is 3. The van der Waals surface area contributed by atoms with Crippen LogP contribution >= 0.6 is 11.3 Å². The van der Waals surface area contributed by atoms with E-state index in [9.17, 15) is 0 Å². The summed E-state index contributed by atoms with van der Waals surface area (Å²) >= 11 is 1.75. The van der Waals surface area contributed by atoms with E-state index in [1.54, 1.807) is 11.3 Å². The molecule has 4 nitrogen and oxygen atoms in total. The van der Waals surface area contributed by atoms with Gasteiger partial charge in [-0.2, -0.15) is 0 Å². The molecule has 1 atom stereocenters. The van der Waals surface area contributed by atoms with Gasteiger partial charge in [0.2, 0.25) is 0 Å². The van der Waals surface area contributed by atoms with Crippen LogP contribution in [0.2, 0.25) is 0 Å². The molecular weight excluding hydrogens is 256 g/mol. The van der Waals surface area contributed by atoms with Crippen LogP contribution < -0.4 is 0 Å². The highest BCUT2D eigenvalue weighted by Crippen LogP contribution is 2.32. The smallest absolute Gasteiger partial charge is 0.0798 e. The number of hydrogen-bond donors (Lipinski definition) is 0. The SMILES string of the molecule is Cc1cncc([C@H]2CCCN2Cc2scnc2C)n1. The molecule has 0 aliphatic carbocycles. The maximum Gasteiger partial charge on any atom is 0.0798 e. The number of hydrogen-bond acceptors (Lipinski definition) is 5. The molecule has 1 aliphatic rings. The van der Waals surface area contributed by atoms with Crippen LogP contribution in [0, 0.1) is 13.8 Å². The largest absolute Gasteiger partial charge is 0.290 e. The molecule has 2 aromatic heterocycles. The minimum atomic E-state index is 0.411. The van der Waals surface area contributed by atoms with Gasteiger partial charge in [0.25, 0.3) is 0 Å². The summed E-state index contributed by atoms with van der Waals surface area (Å²) in [5.74, 6) is 0. The van der Waals surface area contributed by atoms with E-state index in [1.165, 1.54) is 17.7 Å². The van der Waals surface area contributed by atoms with Crippen LogP contribution in [0.5, 0.6) is 0 Å². The van der Waals surface area contributed by atoms with Gasteiger partial charge in [-0.25, -0.2) is 4.98 Å². The summed E-state index contributed by atoms with van der Waals surface area (Å²) < 4.78 is 0. The van der Waals surface area contributed by atoms with Crippen molar-refractivity contribution in [3.8, 4) is 0 Å². The Morgan fingerprint density at radius 3 is 3.00 bits per heavy atom. The van der Waals surface area contributed by atoms with Crippen LogP contribution in [0.1, 0.15) is 40.8 Å². The van der Waals surface area contributed by atoms with Crippen LogP contribution in [-0.4, -0.2) is 26.4 Å². The number of aryl methyl sites for hydroxylation is 2. The fraction of sp³-hybridized carbons (Fsp3) is 0.500. The molecule has 2 aromatic rings. The summed E-state index contributed by atoms with van der Waals surface area (Å²) in [5, 5.41) is 0. The predicted molar refractivity (Wildman–Crippen MR) is 76.0 cm³/mol. The average Bonchev–Trinajstić information content (AvgIpc) is 3.00. The molecule has 0 amide bonds. The molecule has 0 N–H and O–H groups in total. The maximum absolute atomic E-state index is 4.64. The van der Waals surface area contributed by atoms with Crippen molar-refractivity contribution in [1.29, 1.82) is 0 Å². The Balaban J connectivity index is 1.80. The molecule has 3 heterocycles. The molecule has 3 rings (SSSR count). The second-order valence-corrected chi connectivity index (χ2v) is 6.01. The lowest BCUT2D eigenvalue weighted by Gasteiger charge is -2.23. The zero-order valence-corrected chi connectivity index (χ0v) is 12.2. The summed E-state index contributed by atoms with van der Waals surface area (Å²) in [6, 6.07) is 0.411. The number of aromatic nitrogens is 3. The third kappa shape index (κ3) is 2.67. The molecule has 5 heteroatoms. The first-order valence-electron chi connectivity index (χ1n) is 6.65. The highest BCUT2D eigenvalue weighted by Gasteiger charge is 2.28. The van der Waals surface area contributed by atoms with Crippen molar-refractivity contribution < 1.29 is 0 Å². The molecule has 0 spiro atoms. The molecule has 0 aromatic carbocycles. The van der Waals surface area contributed by atoms with Crippen molar-refractivity contribution in [2.45, 2.75) is 39.3 Å². The molecule has 0 radical (unpaired) electrons. The number of nitrogens with zero attached hydrogens (tertiary/aromatic N) is 4. The fourth-order valence-electron chi connectivity index (χ4n) is 2.66. The number of thiazole rings is 1. The Morgan fingerprint density at radius 1 is 1.37 bits per heavy atom. The van der Waals surface area contributed by atoms with Crippen LogP contribution in [0.3, 0.4) is 0 Å². The standard InChI is InChI=1S/C14H18N4S/c1-10-6-15-7-12(17-10)13-4-3-5-18(13)8-14-11(2)16-9-19-14/h6-7,9,13H,3-5,8H2,1-2H3/t13-/m1/s1. The van der Waals surface area contributed by atoms with Crippen molar-refractivity contribution >= 4 is 11.3 Å². The lowest BCUT2D eigenvalue weighted by molar-refractivity contribution is 0.245. The highest BCUT2D eigenvalue weighted by molar-refractivity contribution is 7.09. The van der Waals surface area contributed by atoms with Gasteiger partial charge in [-0.1, -0.05) is 0 Å². The monoisotopic (exact) mass is 274 g/mol. The lowest BCUT2D eigenvalue weighted by atomic mass is 10.1. The van der Waals surface area contributed by atoms with Gasteiger partial charge in [0.05, 0.1) is 28.6 Å². The average molecular weight is 274 g/mol. The van der Waals surface area contributed by atoms with Gasteiger partial charge in [-0.05, 0) is 33.2 Å². The molecule has 0 saturated carbocycles. The van der Waals surface area contributed by atoms with Crippen molar-refractivity contribution in [2.24, 2.45) is 0 Å². The third-order valence-corrected chi connectivity index (χ3v) is 4.59. The topological polar surface area (TPSA) is 41.9 Å². The third-order valence-electron chi connectivity index (χ3n) is 3.67. The van der Waals surface area contributed by atoms with E-state index in [0.29, 0.717) is 6.04 Å². The molecule has 1 aliphatic heterocycles. The lowest BCUT2D eigenvalue weighted by Crippen LogP contribution is -2.23. The van der Waals surface area contributed by atoms with E-state index >= 15 is 0 Å². The molecule has 0 unspecified atom stereocenters. The van der Waals surface area contributed by atoms with Crippen molar-refractivity contribution in [1.82, 2.24) is 19.9 Å². The molecule has 1 fully saturated rings. The van der Waals surface area contributed by atoms with Crippen molar-refractivity contribution in [3.05, 3.63) is 39.9 Å². The normalized spacial score (nSPS) is 20.0.